The van der Waals surface area contributed by atoms with Crippen molar-refractivity contribution in [3.63, 3.8) is 0 Å². The highest BCUT2D eigenvalue weighted by atomic mass is 35.5. The molecule has 0 spiro atoms. The molecule has 0 aliphatic heterocycles. The summed E-state index contributed by atoms with van der Waals surface area (Å²) in [5.41, 5.74) is 7.92. The van der Waals surface area contributed by atoms with Gasteiger partial charge in [-0.15, -0.1) is 12.4 Å². The second kappa shape index (κ2) is 7.54. The van der Waals surface area contributed by atoms with Gasteiger partial charge in [0.1, 0.15) is 5.75 Å². The number of benzene rings is 1. The Hall–Kier alpha value is -1.26. The molecule has 0 radical (unpaired) electrons. The van der Waals surface area contributed by atoms with Crippen LogP contribution >= 0.6 is 12.4 Å². The summed E-state index contributed by atoms with van der Waals surface area (Å²) in [6.45, 7) is 0. The molecule has 3 rings (SSSR count). The molecule has 4 nitrogen and oxygen atoms in total. The summed E-state index contributed by atoms with van der Waals surface area (Å²) in [6.07, 6.45) is 6.44. The normalized spacial score (nSPS) is 23.8. The Morgan fingerprint density at radius 2 is 1.83 bits per heavy atom. The van der Waals surface area contributed by atoms with Crippen LogP contribution in [0.3, 0.4) is 0 Å². The molecule has 1 aromatic rings. The average molecular weight is 339 g/mol. The van der Waals surface area contributed by atoms with E-state index in [0.29, 0.717) is 18.0 Å². The third-order valence-electron chi connectivity index (χ3n) is 5.10. The number of carbonyl (C=O) groups excluding carboxylic acids is 1. The Labute approximate surface area is 144 Å². The van der Waals surface area contributed by atoms with Crippen molar-refractivity contribution in [1.29, 1.82) is 0 Å². The first-order chi connectivity index (χ1) is 10.6. The molecule has 0 saturated heterocycles. The number of carbonyl (C=O) groups is 1. The second-order valence-corrected chi connectivity index (χ2v) is 6.72. The highest BCUT2D eigenvalue weighted by molar-refractivity contribution is 5.94. The zero-order chi connectivity index (χ0) is 15.7. The van der Waals surface area contributed by atoms with Gasteiger partial charge in [0.05, 0.1) is 7.11 Å². The van der Waals surface area contributed by atoms with Crippen LogP contribution in [0.25, 0.3) is 0 Å². The van der Waals surface area contributed by atoms with Crippen LogP contribution in [-0.2, 0) is 0 Å². The average Bonchev–Trinajstić information content (AvgIpc) is 3.38. The Bertz CT molecular complexity index is 552. The van der Waals surface area contributed by atoms with Gasteiger partial charge in [0, 0.05) is 24.7 Å². The molecule has 2 fully saturated rings. The zero-order valence-corrected chi connectivity index (χ0v) is 14.8. The number of nitrogens with zero attached hydrogens (tertiary/aromatic N) is 1. The van der Waals surface area contributed by atoms with E-state index in [1.165, 1.54) is 18.4 Å². The van der Waals surface area contributed by atoms with E-state index in [0.717, 1.165) is 37.0 Å². The van der Waals surface area contributed by atoms with E-state index in [1.807, 2.05) is 30.1 Å². The first kappa shape index (κ1) is 18.1. The van der Waals surface area contributed by atoms with Gasteiger partial charge in [-0.25, -0.2) is 0 Å². The fourth-order valence-electron chi connectivity index (χ4n) is 3.44. The molecule has 0 aromatic heterocycles. The van der Waals surface area contributed by atoms with Gasteiger partial charge in [-0.05, 0) is 68.2 Å². The molecular formula is C18H27ClN2O2. The lowest BCUT2D eigenvalue weighted by Crippen LogP contribution is -2.41. The number of nitrogens with two attached hydrogens (primary N) is 1. The maximum Gasteiger partial charge on any atom is 0.253 e. The maximum absolute atomic E-state index is 12.8. The fraction of sp³-hybridized carbons (Fsp3) is 0.611. The van der Waals surface area contributed by atoms with E-state index in [-0.39, 0.29) is 18.3 Å². The minimum atomic E-state index is 0. The van der Waals surface area contributed by atoms with E-state index in [4.69, 9.17) is 10.5 Å². The Kier molecular flexibility index (Phi) is 5.93. The predicted octanol–water partition coefficient (Wildman–Crippen LogP) is 3.34. The van der Waals surface area contributed by atoms with E-state index >= 15 is 0 Å². The van der Waals surface area contributed by atoms with Gasteiger partial charge in [0.25, 0.3) is 5.91 Å². The Morgan fingerprint density at radius 3 is 2.39 bits per heavy atom. The van der Waals surface area contributed by atoms with Crippen molar-refractivity contribution in [2.45, 2.75) is 56.5 Å². The van der Waals surface area contributed by atoms with Gasteiger partial charge >= 0.3 is 0 Å². The van der Waals surface area contributed by atoms with Crippen LogP contribution in [-0.4, -0.2) is 37.0 Å². The molecule has 2 aliphatic rings. The second-order valence-electron chi connectivity index (χ2n) is 6.72. The summed E-state index contributed by atoms with van der Waals surface area (Å²) in [5, 5.41) is 0. The summed E-state index contributed by atoms with van der Waals surface area (Å²) in [7, 11) is 3.62. The van der Waals surface area contributed by atoms with E-state index < -0.39 is 0 Å². The van der Waals surface area contributed by atoms with Crippen molar-refractivity contribution in [1.82, 2.24) is 4.90 Å². The summed E-state index contributed by atoms with van der Waals surface area (Å²) in [6, 6.07) is 6.48. The summed E-state index contributed by atoms with van der Waals surface area (Å²) in [4.78, 5) is 14.7. The molecule has 0 atom stereocenters. The molecule has 0 heterocycles. The van der Waals surface area contributed by atoms with Gasteiger partial charge in [-0.3, -0.25) is 4.79 Å². The molecule has 23 heavy (non-hydrogen) atoms. The summed E-state index contributed by atoms with van der Waals surface area (Å²) >= 11 is 0. The number of amides is 1. The number of methoxy groups -OCH3 is 1. The lowest BCUT2D eigenvalue weighted by atomic mass is 9.90. The van der Waals surface area contributed by atoms with Gasteiger partial charge in [0.2, 0.25) is 0 Å². The van der Waals surface area contributed by atoms with Crippen molar-refractivity contribution in [3.8, 4) is 5.75 Å². The molecule has 5 heteroatoms. The van der Waals surface area contributed by atoms with Gasteiger partial charge < -0.3 is 15.4 Å². The number of ether oxygens (including phenoxy) is 1. The van der Waals surface area contributed by atoms with Crippen molar-refractivity contribution < 1.29 is 9.53 Å². The smallest absolute Gasteiger partial charge is 0.253 e. The van der Waals surface area contributed by atoms with Crippen LogP contribution in [0.1, 0.15) is 60.4 Å². The zero-order valence-electron chi connectivity index (χ0n) is 14.0. The number of hydrogen-bond donors (Lipinski definition) is 1. The van der Waals surface area contributed by atoms with Crippen LogP contribution in [0.4, 0.5) is 0 Å². The van der Waals surface area contributed by atoms with Gasteiger partial charge in [0.15, 0.2) is 0 Å². The van der Waals surface area contributed by atoms with E-state index in [2.05, 4.69) is 0 Å². The molecule has 128 valence electrons. The van der Waals surface area contributed by atoms with Crippen LogP contribution in [0.2, 0.25) is 0 Å². The quantitative estimate of drug-likeness (QED) is 0.916. The van der Waals surface area contributed by atoms with Crippen molar-refractivity contribution >= 4 is 18.3 Å². The molecule has 1 amide bonds. The molecule has 2 aliphatic carbocycles. The minimum Gasteiger partial charge on any atom is -0.496 e. The fourth-order valence-corrected chi connectivity index (χ4v) is 3.44. The van der Waals surface area contributed by atoms with Crippen LogP contribution in [0, 0.1) is 0 Å². The SMILES string of the molecule is COc1ccc(C(=O)N(C)C2CCC(N)CC2)cc1C1CC1.Cl. The monoisotopic (exact) mass is 338 g/mol. The molecule has 0 unspecified atom stereocenters. The largest absolute Gasteiger partial charge is 0.496 e. The first-order valence-electron chi connectivity index (χ1n) is 8.31. The van der Waals surface area contributed by atoms with Crippen molar-refractivity contribution in [2.75, 3.05) is 14.2 Å². The molecule has 2 saturated carbocycles. The molecule has 2 N–H and O–H groups in total. The van der Waals surface area contributed by atoms with Crippen LogP contribution in [0.5, 0.6) is 5.75 Å². The van der Waals surface area contributed by atoms with Crippen LogP contribution in [0.15, 0.2) is 18.2 Å². The number of rotatable bonds is 4. The van der Waals surface area contributed by atoms with Gasteiger partial charge in [-0.2, -0.15) is 0 Å². The number of hydrogen-bond acceptors (Lipinski definition) is 3. The molecule has 0 bridgehead atoms. The third-order valence-corrected chi connectivity index (χ3v) is 5.10. The highest BCUT2D eigenvalue weighted by Gasteiger charge is 2.29. The summed E-state index contributed by atoms with van der Waals surface area (Å²) in [5.74, 6) is 1.59. The highest BCUT2D eigenvalue weighted by Crippen LogP contribution is 2.44. The summed E-state index contributed by atoms with van der Waals surface area (Å²) < 4.78 is 5.43. The third kappa shape index (κ3) is 3.99. The van der Waals surface area contributed by atoms with Crippen molar-refractivity contribution in [3.05, 3.63) is 29.3 Å². The topological polar surface area (TPSA) is 55.6 Å². The van der Waals surface area contributed by atoms with Gasteiger partial charge in [-0.1, -0.05) is 0 Å². The van der Waals surface area contributed by atoms with Crippen molar-refractivity contribution in [2.24, 2.45) is 5.73 Å². The minimum absolute atomic E-state index is 0. The van der Waals surface area contributed by atoms with E-state index in [1.54, 1.807) is 7.11 Å². The number of halogens is 1. The Balaban J connectivity index is 0.00000192. The lowest BCUT2D eigenvalue weighted by molar-refractivity contribution is 0.0690. The first-order valence-corrected chi connectivity index (χ1v) is 8.31. The predicted molar refractivity (Wildman–Crippen MR) is 94.5 cm³/mol. The Morgan fingerprint density at radius 1 is 1.17 bits per heavy atom. The van der Waals surface area contributed by atoms with Crippen LogP contribution < -0.4 is 10.5 Å². The molecular weight excluding hydrogens is 312 g/mol. The van der Waals surface area contributed by atoms with E-state index in [9.17, 15) is 4.79 Å². The standard InChI is InChI=1S/C18H26N2O2.ClH/c1-20(15-8-6-14(19)7-9-15)18(21)13-5-10-17(22-2)16(11-13)12-3-4-12;/h5,10-12,14-15H,3-4,6-9,19H2,1-2H3;1H. The lowest BCUT2D eigenvalue weighted by Gasteiger charge is -2.33. The maximum atomic E-state index is 12.8. The molecule has 1 aromatic carbocycles.